The van der Waals surface area contributed by atoms with E-state index >= 15 is 0 Å². The van der Waals surface area contributed by atoms with Gasteiger partial charge in [-0.2, -0.15) is 0 Å². The van der Waals surface area contributed by atoms with Crippen LogP contribution in [0.2, 0.25) is 0 Å². The molecule has 0 spiro atoms. The van der Waals surface area contributed by atoms with Crippen molar-refractivity contribution in [1.29, 1.82) is 0 Å². The number of carbonyl (C=O) groups is 1. The molecule has 0 amide bonds. The minimum absolute atomic E-state index is 0.329. The van der Waals surface area contributed by atoms with Crippen LogP contribution in [0.5, 0.6) is 0 Å². The molecule has 0 heterocycles. The van der Waals surface area contributed by atoms with E-state index in [0.717, 1.165) is 56.3 Å². The Morgan fingerprint density at radius 3 is 1.82 bits per heavy atom. The van der Waals surface area contributed by atoms with Gasteiger partial charge in [-0.15, -0.1) is 0 Å². The molecule has 0 aliphatic heterocycles. The second-order valence-electron chi connectivity index (χ2n) is 10.6. The Kier molecular flexibility index (Phi) is 7.15. The molecule has 3 heteroatoms. The SMILES string of the molecule is COC1CCC2CCC(OC3CCC(C(=O)C4CCC(C)CC4)CC3)CC2C1. The van der Waals surface area contributed by atoms with Crippen LogP contribution in [-0.2, 0) is 14.3 Å². The van der Waals surface area contributed by atoms with E-state index < -0.39 is 0 Å². The molecule has 4 atom stereocenters. The van der Waals surface area contributed by atoms with Gasteiger partial charge in [0.15, 0.2) is 0 Å². The smallest absolute Gasteiger partial charge is 0.139 e. The van der Waals surface area contributed by atoms with Crippen LogP contribution >= 0.6 is 0 Å². The largest absolute Gasteiger partial charge is 0.381 e. The number of ether oxygens (including phenoxy) is 2. The lowest BCUT2D eigenvalue weighted by molar-refractivity contribution is -0.131. The lowest BCUT2D eigenvalue weighted by atomic mass is 9.69. The minimum Gasteiger partial charge on any atom is -0.381 e. The van der Waals surface area contributed by atoms with Crippen molar-refractivity contribution < 1.29 is 14.3 Å². The summed E-state index contributed by atoms with van der Waals surface area (Å²) in [5.41, 5.74) is 0. The number of carbonyl (C=O) groups excluding carboxylic acids is 1. The highest BCUT2D eigenvalue weighted by molar-refractivity contribution is 5.83. The number of rotatable bonds is 5. The maximum absolute atomic E-state index is 12.9. The zero-order chi connectivity index (χ0) is 19.5. The molecule has 4 saturated carbocycles. The Hall–Kier alpha value is -0.410. The summed E-state index contributed by atoms with van der Waals surface area (Å²) in [4.78, 5) is 12.9. The molecule has 160 valence electrons. The summed E-state index contributed by atoms with van der Waals surface area (Å²) in [7, 11) is 1.87. The summed E-state index contributed by atoms with van der Waals surface area (Å²) in [5, 5.41) is 0. The molecule has 0 saturated heterocycles. The van der Waals surface area contributed by atoms with E-state index in [1.54, 1.807) is 0 Å². The molecular formula is C25H42O3. The van der Waals surface area contributed by atoms with E-state index in [1.165, 1.54) is 51.4 Å². The van der Waals surface area contributed by atoms with Crippen molar-refractivity contribution in [3.63, 3.8) is 0 Å². The Bertz CT molecular complexity index is 502. The molecule has 28 heavy (non-hydrogen) atoms. The molecule has 4 rings (SSSR count). The molecule has 0 aromatic rings. The van der Waals surface area contributed by atoms with Crippen LogP contribution in [0.15, 0.2) is 0 Å². The van der Waals surface area contributed by atoms with Gasteiger partial charge in [0.25, 0.3) is 0 Å². The van der Waals surface area contributed by atoms with Crippen molar-refractivity contribution >= 4 is 5.78 Å². The van der Waals surface area contributed by atoms with Crippen molar-refractivity contribution in [2.24, 2.45) is 29.6 Å². The zero-order valence-corrected chi connectivity index (χ0v) is 18.2. The lowest BCUT2D eigenvalue weighted by Crippen LogP contribution is -2.38. The summed E-state index contributed by atoms with van der Waals surface area (Å²) in [6, 6.07) is 0. The van der Waals surface area contributed by atoms with Gasteiger partial charge in [-0.05, 0) is 94.8 Å². The third-order valence-corrected chi connectivity index (χ3v) is 8.73. The van der Waals surface area contributed by atoms with Gasteiger partial charge in [-0.25, -0.2) is 0 Å². The molecule has 0 bridgehead atoms. The van der Waals surface area contributed by atoms with E-state index in [4.69, 9.17) is 9.47 Å². The molecule has 4 aliphatic carbocycles. The number of hydrogen-bond donors (Lipinski definition) is 0. The number of Topliss-reactive ketones (excluding diaryl/α,β-unsaturated/α-hetero) is 1. The summed E-state index contributed by atoms with van der Waals surface area (Å²) >= 11 is 0. The van der Waals surface area contributed by atoms with Crippen molar-refractivity contribution in [2.45, 2.75) is 115 Å². The highest BCUT2D eigenvalue weighted by Gasteiger charge is 2.38. The third kappa shape index (κ3) is 5.01. The first-order chi connectivity index (χ1) is 13.6. The maximum atomic E-state index is 12.9. The second kappa shape index (κ2) is 9.60. The molecule has 4 aliphatic rings. The van der Waals surface area contributed by atoms with Gasteiger partial charge in [0.05, 0.1) is 18.3 Å². The van der Waals surface area contributed by atoms with Crippen molar-refractivity contribution in [3.05, 3.63) is 0 Å². The van der Waals surface area contributed by atoms with Crippen LogP contribution in [0.25, 0.3) is 0 Å². The Labute approximate surface area is 172 Å². The van der Waals surface area contributed by atoms with Crippen molar-refractivity contribution in [3.8, 4) is 0 Å². The highest BCUT2D eigenvalue weighted by Crippen LogP contribution is 2.43. The molecule has 0 aromatic heterocycles. The summed E-state index contributed by atoms with van der Waals surface area (Å²) in [5.74, 6) is 3.84. The molecule has 0 aromatic carbocycles. The fourth-order valence-corrected chi connectivity index (χ4v) is 6.78. The van der Waals surface area contributed by atoms with Crippen LogP contribution in [0.1, 0.15) is 96.8 Å². The molecule has 0 N–H and O–H groups in total. The van der Waals surface area contributed by atoms with E-state index in [0.29, 0.717) is 35.9 Å². The number of hydrogen-bond acceptors (Lipinski definition) is 3. The fraction of sp³-hybridized carbons (Fsp3) is 0.960. The first-order valence-electron chi connectivity index (χ1n) is 12.3. The zero-order valence-electron chi connectivity index (χ0n) is 18.2. The van der Waals surface area contributed by atoms with Gasteiger partial charge in [-0.3, -0.25) is 4.79 Å². The Balaban J connectivity index is 1.20. The summed E-state index contributed by atoms with van der Waals surface area (Å²) in [6.07, 6.45) is 18.1. The fourth-order valence-electron chi connectivity index (χ4n) is 6.78. The van der Waals surface area contributed by atoms with Gasteiger partial charge in [0, 0.05) is 18.9 Å². The summed E-state index contributed by atoms with van der Waals surface area (Å²) in [6.45, 7) is 2.33. The summed E-state index contributed by atoms with van der Waals surface area (Å²) < 4.78 is 12.2. The normalized spacial score (nSPS) is 44.6. The van der Waals surface area contributed by atoms with Gasteiger partial charge < -0.3 is 9.47 Å². The minimum atomic E-state index is 0.329. The van der Waals surface area contributed by atoms with Crippen LogP contribution in [0.4, 0.5) is 0 Å². The third-order valence-electron chi connectivity index (χ3n) is 8.73. The van der Waals surface area contributed by atoms with Gasteiger partial charge in [0.1, 0.15) is 5.78 Å². The number of methoxy groups -OCH3 is 1. The molecular weight excluding hydrogens is 348 g/mol. The van der Waals surface area contributed by atoms with E-state index in [9.17, 15) is 4.79 Å². The molecule has 3 nitrogen and oxygen atoms in total. The molecule has 4 unspecified atom stereocenters. The van der Waals surface area contributed by atoms with E-state index in [1.807, 2.05) is 7.11 Å². The lowest BCUT2D eigenvalue weighted by Gasteiger charge is -2.43. The quantitative estimate of drug-likeness (QED) is 0.582. The van der Waals surface area contributed by atoms with Gasteiger partial charge in [0.2, 0.25) is 0 Å². The molecule has 0 radical (unpaired) electrons. The average molecular weight is 391 g/mol. The van der Waals surface area contributed by atoms with Crippen molar-refractivity contribution in [1.82, 2.24) is 0 Å². The Morgan fingerprint density at radius 2 is 1.18 bits per heavy atom. The van der Waals surface area contributed by atoms with Crippen LogP contribution < -0.4 is 0 Å². The molecule has 4 fully saturated rings. The van der Waals surface area contributed by atoms with Crippen LogP contribution in [0.3, 0.4) is 0 Å². The number of fused-ring (bicyclic) bond motifs is 1. The van der Waals surface area contributed by atoms with Crippen LogP contribution in [-0.4, -0.2) is 31.2 Å². The second-order valence-corrected chi connectivity index (χ2v) is 10.6. The van der Waals surface area contributed by atoms with Crippen LogP contribution in [0, 0.1) is 29.6 Å². The highest BCUT2D eigenvalue weighted by atomic mass is 16.5. The first kappa shape index (κ1) is 20.8. The standard InChI is InChI=1S/C25H42O3/c1-17-3-5-19(6-4-17)25(26)20-9-11-22(12-10-20)28-24-14-8-18-7-13-23(27-2)15-21(18)16-24/h17-24H,3-16H2,1-2H3. The number of ketones is 1. The monoisotopic (exact) mass is 390 g/mol. The van der Waals surface area contributed by atoms with Gasteiger partial charge >= 0.3 is 0 Å². The maximum Gasteiger partial charge on any atom is 0.139 e. The topological polar surface area (TPSA) is 35.5 Å². The average Bonchev–Trinajstić information content (AvgIpc) is 2.74. The van der Waals surface area contributed by atoms with Crippen molar-refractivity contribution in [2.75, 3.05) is 7.11 Å². The predicted octanol–water partition coefficient (Wildman–Crippen LogP) is 5.94. The van der Waals surface area contributed by atoms with E-state index in [2.05, 4.69) is 6.92 Å². The van der Waals surface area contributed by atoms with E-state index in [-0.39, 0.29) is 0 Å². The Morgan fingerprint density at radius 1 is 0.643 bits per heavy atom. The van der Waals surface area contributed by atoms with Gasteiger partial charge in [-0.1, -0.05) is 19.8 Å². The predicted molar refractivity (Wildman–Crippen MR) is 112 cm³/mol. The first-order valence-corrected chi connectivity index (χ1v) is 12.3.